The van der Waals surface area contributed by atoms with Crippen LogP contribution in [0.1, 0.15) is 28.3 Å². The van der Waals surface area contributed by atoms with E-state index in [2.05, 4.69) is 0 Å². The zero-order valence-corrected chi connectivity index (χ0v) is 19.8. The fourth-order valence-corrected chi connectivity index (χ4v) is 4.84. The van der Waals surface area contributed by atoms with Crippen molar-refractivity contribution in [3.8, 4) is 5.75 Å². The summed E-state index contributed by atoms with van der Waals surface area (Å²) in [5.74, 6) is -1.09. The lowest BCUT2D eigenvalue weighted by molar-refractivity contribution is -0.132. The Labute approximate surface area is 203 Å². The molecule has 1 unspecified atom stereocenters. The van der Waals surface area contributed by atoms with Gasteiger partial charge in [0.05, 0.1) is 18.7 Å². The number of hydrogen-bond acceptors (Lipinski definition) is 4. The van der Waals surface area contributed by atoms with Gasteiger partial charge in [0.1, 0.15) is 11.5 Å². The molecule has 4 aromatic carbocycles. The number of carbonyl (C=O) groups is 2. The van der Waals surface area contributed by atoms with Crippen molar-refractivity contribution in [3.05, 3.63) is 113 Å². The number of aliphatic hydroxyl groups is 1. The van der Waals surface area contributed by atoms with Crippen molar-refractivity contribution in [3.63, 3.8) is 0 Å². The minimum absolute atomic E-state index is 0.0387. The second kappa shape index (κ2) is 8.76. The monoisotopic (exact) mass is 463 g/mol. The Hall–Kier alpha value is -4.38. The van der Waals surface area contributed by atoms with Gasteiger partial charge in [-0.25, -0.2) is 0 Å². The second-order valence-corrected chi connectivity index (χ2v) is 8.66. The van der Waals surface area contributed by atoms with E-state index in [1.807, 2.05) is 86.6 Å². The van der Waals surface area contributed by atoms with Gasteiger partial charge in [0, 0.05) is 16.8 Å². The van der Waals surface area contributed by atoms with E-state index < -0.39 is 17.7 Å². The highest BCUT2D eigenvalue weighted by Crippen LogP contribution is 2.46. The van der Waals surface area contributed by atoms with Crippen LogP contribution in [-0.2, 0) is 9.59 Å². The number of amides is 1. The summed E-state index contributed by atoms with van der Waals surface area (Å²) in [7, 11) is 1.55. The van der Waals surface area contributed by atoms with Crippen molar-refractivity contribution in [2.45, 2.75) is 19.9 Å². The first-order chi connectivity index (χ1) is 16.9. The first-order valence-electron chi connectivity index (χ1n) is 11.4. The van der Waals surface area contributed by atoms with Crippen molar-refractivity contribution in [1.82, 2.24) is 0 Å². The summed E-state index contributed by atoms with van der Waals surface area (Å²) in [5.41, 5.74) is 3.67. The highest BCUT2D eigenvalue weighted by atomic mass is 16.5. The summed E-state index contributed by atoms with van der Waals surface area (Å²) in [5, 5.41) is 13.4. The number of nitrogens with zero attached hydrogens (tertiary/aromatic N) is 1. The molecule has 1 aliphatic rings. The van der Waals surface area contributed by atoms with Crippen molar-refractivity contribution < 1.29 is 19.4 Å². The van der Waals surface area contributed by atoms with Gasteiger partial charge < -0.3 is 9.84 Å². The second-order valence-electron chi connectivity index (χ2n) is 8.66. The third-order valence-corrected chi connectivity index (χ3v) is 6.76. The molecule has 0 radical (unpaired) electrons. The number of benzene rings is 4. The van der Waals surface area contributed by atoms with Gasteiger partial charge >= 0.3 is 0 Å². The summed E-state index contributed by atoms with van der Waals surface area (Å²) >= 11 is 0. The number of ether oxygens (including phenoxy) is 1. The third-order valence-electron chi connectivity index (χ3n) is 6.76. The number of aliphatic hydroxyl groups excluding tert-OH is 1. The number of anilines is 1. The van der Waals surface area contributed by atoms with Gasteiger partial charge in [0.25, 0.3) is 11.7 Å². The maximum Gasteiger partial charge on any atom is 0.300 e. The average molecular weight is 464 g/mol. The smallest absolute Gasteiger partial charge is 0.300 e. The molecule has 0 aromatic heterocycles. The van der Waals surface area contributed by atoms with E-state index in [1.54, 1.807) is 19.2 Å². The Morgan fingerprint density at radius 1 is 0.857 bits per heavy atom. The zero-order chi connectivity index (χ0) is 24.7. The fraction of sp³-hybridized carbons (Fsp3) is 0.133. The average Bonchev–Trinajstić information content (AvgIpc) is 3.14. The van der Waals surface area contributed by atoms with Crippen molar-refractivity contribution >= 4 is 33.9 Å². The number of carbonyl (C=O) groups excluding carboxylic acids is 2. The van der Waals surface area contributed by atoms with Gasteiger partial charge in [-0.2, -0.15) is 0 Å². The van der Waals surface area contributed by atoms with E-state index in [-0.39, 0.29) is 11.3 Å². The Morgan fingerprint density at radius 3 is 2.34 bits per heavy atom. The number of aryl methyl sites for hydroxylation is 1. The molecule has 0 bridgehead atoms. The minimum atomic E-state index is -0.856. The molecular formula is C30H25NO4. The summed E-state index contributed by atoms with van der Waals surface area (Å²) in [6.45, 7) is 3.89. The first-order valence-corrected chi connectivity index (χ1v) is 11.4. The maximum absolute atomic E-state index is 13.6. The van der Waals surface area contributed by atoms with Crippen LogP contribution in [0, 0.1) is 13.8 Å². The summed E-state index contributed by atoms with van der Waals surface area (Å²) in [6, 6.07) is 25.2. The number of methoxy groups -OCH3 is 1. The minimum Gasteiger partial charge on any atom is -0.507 e. The molecule has 1 N–H and O–H groups in total. The molecule has 1 aliphatic heterocycles. The quantitative estimate of drug-likeness (QED) is 0.226. The lowest BCUT2D eigenvalue weighted by Crippen LogP contribution is -2.30. The molecule has 0 spiro atoms. The highest BCUT2D eigenvalue weighted by Gasteiger charge is 2.48. The van der Waals surface area contributed by atoms with Gasteiger partial charge in [-0.15, -0.1) is 0 Å². The van der Waals surface area contributed by atoms with E-state index >= 15 is 0 Å². The lowest BCUT2D eigenvalue weighted by Gasteiger charge is -2.28. The SMILES string of the molecule is COc1ccccc1C1/C(=C(\O)c2cccc3ccccc23)C(=O)C(=O)N1c1cccc(C)c1C. The Bertz CT molecular complexity index is 1510. The van der Waals surface area contributed by atoms with Crippen molar-refractivity contribution in [2.75, 3.05) is 12.0 Å². The number of para-hydroxylation sites is 1. The van der Waals surface area contributed by atoms with Crippen LogP contribution in [0.5, 0.6) is 5.75 Å². The molecule has 5 nitrogen and oxygen atoms in total. The molecule has 4 aromatic rings. The van der Waals surface area contributed by atoms with E-state index in [0.717, 1.165) is 21.9 Å². The molecule has 1 fully saturated rings. The van der Waals surface area contributed by atoms with Crippen LogP contribution in [0.4, 0.5) is 5.69 Å². The van der Waals surface area contributed by atoms with E-state index in [4.69, 9.17) is 4.74 Å². The molecule has 0 saturated carbocycles. The molecule has 1 amide bonds. The number of Topliss-reactive ketones (excluding diaryl/α,β-unsaturated/α-hetero) is 1. The van der Waals surface area contributed by atoms with Crippen molar-refractivity contribution in [1.29, 1.82) is 0 Å². The third kappa shape index (κ3) is 3.56. The number of rotatable bonds is 4. The van der Waals surface area contributed by atoms with Crippen LogP contribution in [-0.4, -0.2) is 23.9 Å². The lowest BCUT2D eigenvalue weighted by atomic mass is 9.92. The first kappa shape index (κ1) is 22.4. The molecule has 1 heterocycles. The van der Waals surface area contributed by atoms with Crippen LogP contribution < -0.4 is 9.64 Å². The largest absolute Gasteiger partial charge is 0.507 e. The topological polar surface area (TPSA) is 66.8 Å². The summed E-state index contributed by atoms with van der Waals surface area (Å²) < 4.78 is 5.62. The Kier molecular flexibility index (Phi) is 5.61. The van der Waals surface area contributed by atoms with Crippen LogP contribution in [0.2, 0.25) is 0 Å². The zero-order valence-electron chi connectivity index (χ0n) is 19.8. The Morgan fingerprint density at radius 2 is 1.54 bits per heavy atom. The van der Waals surface area contributed by atoms with Crippen molar-refractivity contribution in [2.24, 2.45) is 0 Å². The predicted molar refractivity (Wildman–Crippen MR) is 138 cm³/mol. The molecule has 35 heavy (non-hydrogen) atoms. The van der Waals surface area contributed by atoms with Crippen LogP contribution in [0.25, 0.3) is 16.5 Å². The highest BCUT2D eigenvalue weighted by molar-refractivity contribution is 6.52. The fourth-order valence-electron chi connectivity index (χ4n) is 4.84. The van der Waals surface area contributed by atoms with E-state index in [0.29, 0.717) is 22.6 Å². The predicted octanol–water partition coefficient (Wildman–Crippen LogP) is 6.09. The molecule has 5 rings (SSSR count). The van der Waals surface area contributed by atoms with Gasteiger partial charge in [-0.1, -0.05) is 72.8 Å². The van der Waals surface area contributed by atoms with Crippen LogP contribution in [0.3, 0.4) is 0 Å². The number of ketones is 1. The van der Waals surface area contributed by atoms with Gasteiger partial charge in [0.2, 0.25) is 0 Å². The molecule has 0 aliphatic carbocycles. The molecule has 5 heteroatoms. The summed E-state index contributed by atoms with van der Waals surface area (Å²) in [4.78, 5) is 28.6. The molecular weight excluding hydrogens is 438 g/mol. The maximum atomic E-state index is 13.6. The van der Waals surface area contributed by atoms with Crippen LogP contribution in [0.15, 0.2) is 90.5 Å². The number of fused-ring (bicyclic) bond motifs is 1. The standard InChI is InChI=1S/C30H25NO4/c1-18-10-8-16-24(19(18)2)31-27(23-14-6-7-17-25(23)35-3)26(29(33)30(31)34)28(32)22-15-9-12-20-11-4-5-13-21(20)22/h4-17,27,32H,1-3H3/b28-26+. The van der Waals surface area contributed by atoms with Gasteiger partial charge in [0.15, 0.2) is 0 Å². The number of hydrogen-bond donors (Lipinski definition) is 1. The summed E-state index contributed by atoms with van der Waals surface area (Å²) in [6.07, 6.45) is 0. The molecule has 1 atom stereocenters. The van der Waals surface area contributed by atoms with E-state index in [1.165, 1.54) is 4.90 Å². The Balaban J connectivity index is 1.83. The van der Waals surface area contributed by atoms with Crippen LogP contribution >= 0.6 is 0 Å². The van der Waals surface area contributed by atoms with Gasteiger partial charge in [-0.05, 0) is 47.9 Å². The van der Waals surface area contributed by atoms with E-state index in [9.17, 15) is 14.7 Å². The molecule has 174 valence electrons. The molecule has 1 saturated heterocycles. The van der Waals surface area contributed by atoms with Gasteiger partial charge in [-0.3, -0.25) is 14.5 Å². The normalized spacial score (nSPS) is 17.2.